The normalized spacial score (nSPS) is 25.2. The van der Waals surface area contributed by atoms with Crippen LogP contribution in [0.25, 0.3) is 10.8 Å². The lowest BCUT2D eigenvalue weighted by atomic mass is 9.90. The van der Waals surface area contributed by atoms with E-state index in [1.54, 1.807) is 11.1 Å². The molecule has 0 spiro atoms. The first-order chi connectivity index (χ1) is 17.7. The van der Waals surface area contributed by atoms with E-state index in [2.05, 4.69) is 34.1 Å². The molecule has 0 unspecified atom stereocenters. The Morgan fingerprint density at radius 1 is 1.08 bits per heavy atom. The minimum Gasteiger partial charge on any atom is -0.301 e. The number of hydrogen-bond acceptors (Lipinski definition) is 6. The molecule has 0 saturated carbocycles. The van der Waals surface area contributed by atoms with E-state index in [0.717, 1.165) is 26.4 Å². The third kappa shape index (κ3) is 3.77. The van der Waals surface area contributed by atoms with Crippen molar-refractivity contribution in [1.29, 1.82) is 0 Å². The zero-order valence-corrected chi connectivity index (χ0v) is 22.6. The summed E-state index contributed by atoms with van der Waals surface area (Å²) in [6.45, 7) is 4.41. The lowest BCUT2D eigenvalue weighted by Gasteiger charge is -2.38. The van der Waals surface area contributed by atoms with Gasteiger partial charge in [-0.1, -0.05) is 58.4 Å². The van der Waals surface area contributed by atoms with E-state index >= 15 is 0 Å². The van der Waals surface area contributed by atoms with Gasteiger partial charge in [0, 0.05) is 28.5 Å². The lowest BCUT2D eigenvalue weighted by molar-refractivity contribution is -0.178. The van der Waals surface area contributed by atoms with E-state index in [0.29, 0.717) is 18.5 Å². The Hall–Kier alpha value is -2.91. The molecule has 3 aliphatic rings. The highest BCUT2D eigenvalue weighted by Gasteiger charge is 2.57. The molecule has 8 heteroatoms. The first-order valence-electron chi connectivity index (χ1n) is 12.5. The van der Waals surface area contributed by atoms with Gasteiger partial charge in [0.1, 0.15) is 0 Å². The van der Waals surface area contributed by atoms with Crippen molar-refractivity contribution in [3.63, 3.8) is 0 Å². The smallest absolute Gasteiger partial charge is 0.249 e. The largest absolute Gasteiger partial charge is 0.301 e. The number of benzene rings is 3. The summed E-state index contributed by atoms with van der Waals surface area (Å²) in [7, 11) is 1.53. The Balaban J connectivity index is 1.39. The molecule has 2 bridgehead atoms. The first kappa shape index (κ1) is 24.4. The number of amides is 2. The third-order valence-electron chi connectivity index (χ3n) is 8.04. The quantitative estimate of drug-likeness (QED) is 0.415. The van der Waals surface area contributed by atoms with Gasteiger partial charge in [-0.15, -0.1) is 0 Å². The molecule has 2 fully saturated rings. The molecule has 6 rings (SSSR count). The van der Waals surface area contributed by atoms with Crippen LogP contribution < -0.4 is 0 Å². The number of hydrazine groups is 1. The second kappa shape index (κ2) is 8.84. The van der Waals surface area contributed by atoms with E-state index in [4.69, 9.17) is 4.84 Å². The maximum atomic E-state index is 14.3. The molecule has 7 nitrogen and oxygen atoms in total. The van der Waals surface area contributed by atoms with Gasteiger partial charge in [0.25, 0.3) is 0 Å². The van der Waals surface area contributed by atoms with Crippen LogP contribution in [-0.2, 0) is 21.0 Å². The van der Waals surface area contributed by atoms with Crippen LogP contribution in [0, 0.1) is 5.92 Å². The van der Waals surface area contributed by atoms with Gasteiger partial charge in [0.2, 0.25) is 11.8 Å². The summed E-state index contributed by atoms with van der Waals surface area (Å²) < 4.78 is 0.822. The van der Waals surface area contributed by atoms with Crippen molar-refractivity contribution in [2.45, 2.75) is 50.9 Å². The predicted molar refractivity (Wildman–Crippen MR) is 142 cm³/mol. The molecule has 3 aliphatic heterocycles. The fourth-order valence-electron chi connectivity index (χ4n) is 6.30. The zero-order chi connectivity index (χ0) is 26.1. The highest BCUT2D eigenvalue weighted by atomic mass is 79.9. The van der Waals surface area contributed by atoms with Crippen LogP contribution in [0.2, 0.25) is 0 Å². The van der Waals surface area contributed by atoms with Gasteiger partial charge >= 0.3 is 0 Å². The first-order valence-corrected chi connectivity index (χ1v) is 13.3. The molecule has 0 radical (unpaired) electrons. The highest BCUT2D eigenvalue weighted by Crippen LogP contribution is 2.49. The van der Waals surface area contributed by atoms with E-state index in [9.17, 15) is 14.4 Å². The number of carbonyl (C=O) groups is 3. The molecule has 0 aromatic heterocycles. The van der Waals surface area contributed by atoms with Crippen molar-refractivity contribution in [2.75, 3.05) is 7.11 Å². The van der Waals surface area contributed by atoms with Crippen LogP contribution in [0.3, 0.4) is 0 Å². The lowest BCUT2D eigenvalue weighted by Crippen LogP contribution is -2.51. The number of rotatable bonds is 4. The Labute approximate surface area is 224 Å². The molecule has 0 N–H and O–H groups in total. The molecule has 190 valence electrons. The summed E-state index contributed by atoms with van der Waals surface area (Å²) in [6, 6.07) is 18.8. The van der Waals surface area contributed by atoms with Crippen molar-refractivity contribution >= 4 is 44.3 Å². The molecule has 3 atom stereocenters. The Morgan fingerprint density at radius 2 is 1.84 bits per heavy atom. The Morgan fingerprint density at radius 3 is 2.62 bits per heavy atom. The van der Waals surface area contributed by atoms with Crippen LogP contribution in [0.5, 0.6) is 0 Å². The second-order valence-corrected chi connectivity index (χ2v) is 11.6. The number of carbonyl (C=O) groups excluding carboxylic acids is 3. The number of halogens is 1. The van der Waals surface area contributed by atoms with Gasteiger partial charge < -0.3 is 4.84 Å². The number of hydrogen-bond donors (Lipinski definition) is 0. The van der Waals surface area contributed by atoms with Crippen LogP contribution in [0.15, 0.2) is 65.1 Å². The van der Waals surface area contributed by atoms with Gasteiger partial charge in [-0.3, -0.25) is 14.4 Å². The van der Waals surface area contributed by atoms with Gasteiger partial charge in [-0.25, -0.2) is 10.0 Å². The minimum atomic E-state index is -0.600. The van der Waals surface area contributed by atoms with Crippen LogP contribution in [-0.4, -0.2) is 51.4 Å². The van der Waals surface area contributed by atoms with Crippen LogP contribution in [0.4, 0.5) is 0 Å². The van der Waals surface area contributed by atoms with Gasteiger partial charge in [0.05, 0.1) is 25.1 Å². The summed E-state index contributed by atoms with van der Waals surface area (Å²) in [6.07, 6.45) is 0.536. The molecule has 3 aromatic rings. The fourth-order valence-corrected chi connectivity index (χ4v) is 6.68. The van der Waals surface area contributed by atoms with E-state index in [1.165, 1.54) is 12.1 Å². The fraction of sp³-hybridized carbons (Fsp3) is 0.345. The van der Waals surface area contributed by atoms with Crippen molar-refractivity contribution in [3.05, 3.63) is 81.8 Å². The van der Waals surface area contributed by atoms with Crippen molar-refractivity contribution < 1.29 is 19.2 Å². The monoisotopic (exact) mass is 561 g/mol. The Kier molecular flexibility index (Phi) is 5.84. The summed E-state index contributed by atoms with van der Waals surface area (Å²) >= 11 is 3.51. The Bertz CT molecular complexity index is 1450. The second-order valence-electron chi connectivity index (χ2n) is 10.7. The average molecular weight is 562 g/mol. The standard InChI is InChI=1S/C29H28BrN3O4/c1-29(2)15-25(34)32(31(29)16-18-9-6-8-17-7-4-5-10-20(17)18)28(36)23-14-24-27(35)21-12-11-19(30)13-22(21)26(23)33(24)37-3/h4-13,23-24,26H,14-16H2,1-3H3/t23-,24+,26+/m1/s1. The SMILES string of the molecule is CON1[C@H]2C[C@@H](C(=O)N3C(=O)CC(C)(C)N3Cc3cccc4ccccc34)[C@@H]1c1cc(Br)ccc1C2=O. The van der Waals surface area contributed by atoms with Crippen molar-refractivity contribution in [2.24, 2.45) is 5.92 Å². The third-order valence-corrected chi connectivity index (χ3v) is 8.53. The maximum Gasteiger partial charge on any atom is 0.249 e. The van der Waals surface area contributed by atoms with Gasteiger partial charge in [0.15, 0.2) is 5.78 Å². The molecule has 0 aliphatic carbocycles. The number of nitrogens with zero attached hydrogens (tertiary/aromatic N) is 3. The van der Waals surface area contributed by atoms with Gasteiger partial charge in [-0.05, 0) is 60.4 Å². The van der Waals surface area contributed by atoms with Crippen molar-refractivity contribution in [3.8, 4) is 0 Å². The van der Waals surface area contributed by atoms with Crippen molar-refractivity contribution in [1.82, 2.24) is 15.1 Å². The van der Waals surface area contributed by atoms with E-state index in [-0.39, 0.29) is 24.0 Å². The summed E-state index contributed by atoms with van der Waals surface area (Å²) in [4.78, 5) is 46.6. The molecule has 3 aromatic carbocycles. The number of Topliss-reactive ketones (excluding diaryl/α,β-unsaturated/α-hetero) is 1. The number of hydroxylamine groups is 2. The molecule has 37 heavy (non-hydrogen) atoms. The zero-order valence-electron chi connectivity index (χ0n) is 21.0. The molecule has 2 amide bonds. The number of fused-ring (bicyclic) bond motifs is 5. The topological polar surface area (TPSA) is 70.2 Å². The summed E-state index contributed by atoms with van der Waals surface area (Å²) in [5, 5.41) is 7.10. The predicted octanol–water partition coefficient (Wildman–Crippen LogP) is 5.05. The molecular formula is C29H28BrN3O4. The van der Waals surface area contributed by atoms with Crippen LogP contribution in [0.1, 0.15) is 54.2 Å². The summed E-state index contributed by atoms with van der Waals surface area (Å²) in [5.41, 5.74) is 1.86. The highest BCUT2D eigenvalue weighted by molar-refractivity contribution is 9.10. The van der Waals surface area contributed by atoms with E-state index < -0.39 is 23.5 Å². The average Bonchev–Trinajstić information content (AvgIpc) is 3.32. The molecule has 3 heterocycles. The minimum absolute atomic E-state index is 0.0587. The van der Waals surface area contributed by atoms with Crippen LogP contribution >= 0.6 is 15.9 Å². The van der Waals surface area contributed by atoms with Gasteiger partial charge in [-0.2, -0.15) is 5.06 Å². The number of imide groups is 1. The summed E-state index contributed by atoms with van der Waals surface area (Å²) in [5.74, 6) is -1.17. The number of ketones is 1. The van der Waals surface area contributed by atoms with E-state index in [1.807, 2.05) is 55.3 Å². The maximum absolute atomic E-state index is 14.3. The molecule has 2 saturated heterocycles. The molecular weight excluding hydrogens is 534 g/mol.